The molecular formula is C15H27N5. The first-order valence-corrected chi connectivity index (χ1v) is 7.51. The molecule has 0 bridgehead atoms. The molecule has 0 aliphatic carbocycles. The zero-order valence-electron chi connectivity index (χ0n) is 13.4. The van der Waals surface area contributed by atoms with E-state index < -0.39 is 0 Å². The van der Waals surface area contributed by atoms with E-state index in [1.807, 2.05) is 14.0 Å². The van der Waals surface area contributed by atoms with Crippen LogP contribution >= 0.6 is 0 Å². The molecule has 0 saturated carbocycles. The summed E-state index contributed by atoms with van der Waals surface area (Å²) in [4.78, 5) is 14.0. The summed E-state index contributed by atoms with van der Waals surface area (Å²) in [5.74, 6) is 3.60. The molecule has 5 heteroatoms. The molecule has 0 spiro atoms. The summed E-state index contributed by atoms with van der Waals surface area (Å²) >= 11 is 0. The maximum Gasteiger partial charge on any atom is 0.137 e. The van der Waals surface area contributed by atoms with Crippen molar-refractivity contribution in [2.45, 2.75) is 27.7 Å². The molecule has 5 nitrogen and oxygen atoms in total. The third kappa shape index (κ3) is 3.39. The highest BCUT2D eigenvalue weighted by Crippen LogP contribution is 2.24. The number of piperazine rings is 1. The van der Waals surface area contributed by atoms with E-state index in [0.29, 0.717) is 0 Å². The second-order valence-electron chi connectivity index (χ2n) is 6.00. The fraction of sp³-hybridized carbons (Fsp3) is 0.733. The standard InChI is InChI=1S/C15H27N5/c1-11(2)10-19-6-8-20(9-7-19)15-12(3)14(16-5)17-13(4)18-15/h11H,6-10H2,1-5H3,(H,16,17,18). The van der Waals surface area contributed by atoms with Crippen LogP contribution in [0.5, 0.6) is 0 Å². The minimum atomic E-state index is 0.737. The number of aromatic nitrogens is 2. The number of nitrogens with zero attached hydrogens (tertiary/aromatic N) is 4. The highest BCUT2D eigenvalue weighted by molar-refractivity contribution is 5.58. The van der Waals surface area contributed by atoms with Crippen molar-refractivity contribution < 1.29 is 0 Å². The average Bonchev–Trinajstić information content (AvgIpc) is 2.41. The normalized spacial score (nSPS) is 16.8. The van der Waals surface area contributed by atoms with Gasteiger partial charge in [0.15, 0.2) is 0 Å². The number of aryl methyl sites for hydroxylation is 1. The van der Waals surface area contributed by atoms with Gasteiger partial charge >= 0.3 is 0 Å². The molecule has 0 atom stereocenters. The molecule has 1 saturated heterocycles. The highest BCUT2D eigenvalue weighted by atomic mass is 15.3. The summed E-state index contributed by atoms with van der Waals surface area (Å²) in [5, 5.41) is 3.16. The van der Waals surface area contributed by atoms with Gasteiger partial charge in [0.1, 0.15) is 17.5 Å². The van der Waals surface area contributed by atoms with Crippen LogP contribution in [0.25, 0.3) is 0 Å². The summed E-state index contributed by atoms with van der Waals surface area (Å²) in [5.41, 5.74) is 1.15. The number of nitrogens with one attached hydrogen (secondary N) is 1. The van der Waals surface area contributed by atoms with Gasteiger partial charge in [-0.2, -0.15) is 0 Å². The van der Waals surface area contributed by atoms with Gasteiger partial charge in [0, 0.05) is 45.3 Å². The van der Waals surface area contributed by atoms with E-state index in [4.69, 9.17) is 0 Å². The van der Waals surface area contributed by atoms with Gasteiger partial charge in [-0.1, -0.05) is 13.8 Å². The molecule has 0 amide bonds. The van der Waals surface area contributed by atoms with Gasteiger partial charge in [0.25, 0.3) is 0 Å². The molecule has 112 valence electrons. The lowest BCUT2D eigenvalue weighted by atomic mass is 10.2. The maximum atomic E-state index is 4.65. The van der Waals surface area contributed by atoms with Crippen LogP contribution in [0.1, 0.15) is 25.2 Å². The lowest BCUT2D eigenvalue weighted by Crippen LogP contribution is -2.48. The third-order valence-electron chi connectivity index (χ3n) is 3.76. The van der Waals surface area contributed by atoms with E-state index in [0.717, 1.165) is 55.1 Å². The summed E-state index contributed by atoms with van der Waals surface area (Å²) < 4.78 is 0. The molecule has 20 heavy (non-hydrogen) atoms. The Bertz CT molecular complexity index is 450. The Kier molecular flexibility index (Phi) is 4.81. The van der Waals surface area contributed by atoms with Gasteiger partial charge in [-0.3, -0.25) is 4.90 Å². The largest absolute Gasteiger partial charge is 0.373 e. The third-order valence-corrected chi connectivity index (χ3v) is 3.76. The predicted molar refractivity (Wildman–Crippen MR) is 84.5 cm³/mol. The fourth-order valence-corrected chi connectivity index (χ4v) is 2.82. The van der Waals surface area contributed by atoms with E-state index in [1.165, 1.54) is 6.54 Å². The van der Waals surface area contributed by atoms with E-state index >= 15 is 0 Å². The molecule has 1 aliphatic rings. The quantitative estimate of drug-likeness (QED) is 0.911. The Morgan fingerprint density at radius 3 is 2.30 bits per heavy atom. The summed E-state index contributed by atoms with van der Waals surface area (Å²) in [6.07, 6.45) is 0. The Labute approximate surface area is 122 Å². The topological polar surface area (TPSA) is 44.3 Å². The Balaban J connectivity index is 2.09. The van der Waals surface area contributed by atoms with E-state index in [9.17, 15) is 0 Å². The average molecular weight is 277 g/mol. The van der Waals surface area contributed by atoms with Crippen molar-refractivity contribution in [3.63, 3.8) is 0 Å². The summed E-state index contributed by atoms with van der Waals surface area (Å²) in [6.45, 7) is 14.1. The first-order valence-electron chi connectivity index (χ1n) is 7.51. The predicted octanol–water partition coefficient (Wildman–Crippen LogP) is 1.91. The lowest BCUT2D eigenvalue weighted by molar-refractivity contribution is 0.231. The van der Waals surface area contributed by atoms with Crippen LogP contribution in [0, 0.1) is 19.8 Å². The molecule has 1 aliphatic heterocycles. The summed E-state index contributed by atoms with van der Waals surface area (Å²) in [7, 11) is 1.92. The van der Waals surface area contributed by atoms with Crippen LogP contribution in [0.3, 0.4) is 0 Å². The van der Waals surface area contributed by atoms with Crippen LogP contribution in [-0.2, 0) is 0 Å². The number of hydrogen-bond donors (Lipinski definition) is 1. The molecule has 2 rings (SSSR count). The second kappa shape index (κ2) is 6.39. The first-order chi connectivity index (χ1) is 9.51. The lowest BCUT2D eigenvalue weighted by Gasteiger charge is -2.37. The van der Waals surface area contributed by atoms with Crippen LogP contribution in [0.4, 0.5) is 11.6 Å². The Morgan fingerprint density at radius 1 is 1.10 bits per heavy atom. The van der Waals surface area contributed by atoms with Gasteiger partial charge in [0.05, 0.1) is 0 Å². The molecule has 1 aromatic heterocycles. The molecule has 1 N–H and O–H groups in total. The van der Waals surface area contributed by atoms with Crippen molar-refractivity contribution in [3.8, 4) is 0 Å². The van der Waals surface area contributed by atoms with Crippen LogP contribution in [0.15, 0.2) is 0 Å². The smallest absolute Gasteiger partial charge is 0.137 e. The van der Waals surface area contributed by atoms with Crippen molar-refractivity contribution in [2.75, 3.05) is 50.0 Å². The van der Waals surface area contributed by atoms with Crippen molar-refractivity contribution in [1.82, 2.24) is 14.9 Å². The van der Waals surface area contributed by atoms with Gasteiger partial charge < -0.3 is 10.2 Å². The summed E-state index contributed by atoms with van der Waals surface area (Å²) in [6, 6.07) is 0. The van der Waals surface area contributed by atoms with Gasteiger partial charge in [0.2, 0.25) is 0 Å². The van der Waals surface area contributed by atoms with Crippen LogP contribution < -0.4 is 10.2 Å². The SMILES string of the molecule is CNc1nc(C)nc(N2CCN(CC(C)C)CC2)c1C. The molecule has 2 heterocycles. The second-order valence-corrected chi connectivity index (χ2v) is 6.00. The molecule has 0 unspecified atom stereocenters. The van der Waals surface area contributed by atoms with Crippen LogP contribution in [0.2, 0.25) is 0 Å². The molecule has 1 aromatic rings. The Morgan fingerprint density at radius 2 is 1.75 bits per heavy atom. The van der Waals surface area contributed by atoms with Crippen LogP contribution in [-0.4, -0.2) is 54.6 Å². The number of rotatable bonds is 4. The minimum Gasteiger partial charge on any atom is -0.373 e. The molecular weight excluding hydrogens is 250 g/mol. The zero-order chi connectivity index (χ0) is 14.7. The Hall–Kier alpha value is -1.36. The molecule has 1 fully saturated rings. The first kappa shape index (κ1) is 15.0. The zero-order valence-corrected chi connectivity index (χ0v) is 13.4. The molecule has 0 aromatic carbocycles. The number of anilines is 2. The highest BCUT2D eigenvalue weighted by Gasteiger charge is 2.21. The number of hydrogen-bond acceptors (Lipinski definition) is 5. The van der Waals surface area contributed by atoms with E-state index in [1.54, 1.807) is 0 Å². The van der Waals surface area contributed by atoms with E-state index in [2.05, 4.69) is 45.9 Å². The fourth-order valence-electron chi connectivity index (χ4n) is 2.82. The van der Waals surface area contributed by atoms with Gasteiger partial charge in [-0.25, -0.2) is 9.97 Å². The van der Waals surface area contributed by atoms with Crippen molar-refractivity contribution >= 4 is 11.6 Å². The van der Waals surface area contributed by atoms with Crippen molar-refractivity contribution in [3.05, 3.63) is 11.4 Å². The minimum absolute atomic E-state index is 0.737. The van der Waals surface area contributed by atoms with Crippen molar-refractivity contribution in [1.29, 1.82) is 0 Å². The maximum absolute atomic E-state index is 4.65. The van der Waals surface area contributed by atoms with E-state index in [-0.39, 0.29) is 0 Å². The van der Waals surface area contributed by atoms with Gasteiger partial charge in [-0.05, 0) is 19.8 Å². The van der Waals surface area contributed by atoms with Crippen molar-refractivity contribution in [2.24, 2.45) is 5.92 Å². The monoisotopic (exact) mass is 277 g/mol. The molecule has 0 radical (unpaired) electrons. The van der Waals surface area contributed by atoms with Gasteiger partial charge in [-0.15, -0.1) is 0 Å².